The van der Waals surface area contributed by atoms with E-state index in [2.05, 4.69) is 9.88 Å². The fraction of sp³-hybridized carbons (Fsp3) is 0.235. The summed E-state index contributed by atoms with van der Waals surface area (Å²) in [6.07, 6.45) is 2.48. The van der Waals surface area contributed by atoms with Gasteiger partial charge in [-0.1, -0.05) is 6.07 Å². The molecule has 1 aromatic heterocycles. The summed E-state index contributed by atoms with van der Waals surface area (Å²) >= 11 is 0. The lowest BCUT2D eigenvalue weighted by Gasteiger charge is -2.19. The van der Waals surface area contributed by atoms with Gasteiger partial charge in [-0.3, -0.25) is 0 Å². The lowest BCUT2D eigenvalue weighted by molar-refractivity contribution is 0.0690. The molecule has 0 bridgehead atoms. The Labute approximate surface area is 132 Å². The number of aromatic nitrogens is 1. The van der Waals surface area contributed by atoms with Crippen molar-refractivity contribution in [2.24, 2.45) is 0 Å². The van der Waals surface area contributed by atoms with Crippen LogP contribution in [0.1, 0.15) is 34.0 Å². The number of benzene rings is 1. The molecule has 5 nitrogen and oxygen atoms in total. The summed E-state index contributed by atoms with van der Waals surface area (Å²) in [5.74, 6) is -1.33. The van der Waals surface area contributed by atoms with E-state index >= 15 is 0 Å². The molecule has 1 atom stereocenters. The Kier molecular flexibility index (Phi) is 3.94. The molecular formula is C17H14FN3O2. The van der Waals surface area contributed by atoms with Crippen molar-refractivity contribution in [3.63, 3.8) is 0 Å². The molecular weight excluding hydrogens is 297 g/mol. The van der Waals surface area contributed by atoms with Crippen molar-refractivity contribution in [2.45, 2.75) is 12.3 Å². The molecule has 1 fully saturated rings. The normalized spacial score (nSPS) is 17.0. The Bertz CT molecular complexity index is 783. The monoisotopic (exact) mass is 311 g/mol. The van der Waals surface area contributed by atoms with Crippen LogP contribution in [0.3, 0.4) is 0 Å². The van der Waals surface area contributed by atoms with E-state index in [1.807, 2.05) is 6.07 Å². The average molecular weight is 311 g/mol. The first-order chi connectivity index (χ1) is 11.1. The summed E-state index contributed by atoms with van der Waals surface area (Å²) < 4.78 is 13.7. The molecule has 2 heterocycles. The number of rotatable bonds is 3. The van der Waals surface area contributed by atoms with Gasteiger partial charge in [0.2, 0.25) is 0 Å². The Hall–Kier alpha value is -2.94. The van der Waals surface area contributed by atoms with Crippen molar-refractivity contribution in [1.29, 1.82) is 5.26 Å². The van der Waals surface area contributed by atoms with E-state index < -0.39 is 11.8 Å². The van der Waals surface area contributed by atoms with E-state index in [0.29, 0.717) is 6.54 Å². The summed E-state index contributed by atoms with van der Waals surface area (Å²) in [6, 6.07) is 9.71. The molecule has 1 saturated heterocycles. The predicted octanol–water partition coefficient (Wildman–Crippen LogP) is 2.78. The SMILES string of the molecule is N#Cc1ccc(N2CCC(c3ccc(C(=O)O)nc3)C2)cc1F. The summed E-state index contributed by atoms with van der Waals surface area (Å²) in [5.41, 5.74) is 1.79. The van der Waals surface area contributed by atoms with Crippen molar-refractivity contribution in [3.05, 3.63) is 59.2 Å². The van der Waals surface area contributed by atoms with Crippen molar-refractivity contribution in [1.82, 2.24) is 4.98 Å². The minimum Gasteiger partial charge on any atom is -0.477 e. The highest BCUT2D eigenvalue weighted by Gasteiger charge is 2.25. The second-order valence-electron chi connectivity index (χ2n) is 5.49. The number of halogens is 1. The topological polar surface area (TPSA) is 77.2 Å². The molecule has 116 valence electrons. The summed E-state index contributed by atoms with van der Waals surface area (Å²) in [7, 11) is 0. The average Bonchev–Trinajstić information content (AvgIpc) is 3.05. The lowest BCUT2D eigenvalue weighted by atomic mass is 10.0. The van der Waals surface area contributed by atoms with Gasteiger partial charge in [-0.25, -0.2) is 14.2 Å². The van der Waals surface area contributed by atoms with Crippen LogP contribution in [-0.4, -0.2) is 29.1 Å². The van der Waals surface area contributed by atoms with E-state index in [1.165, 1.54) is 18.2 Å². The largest absolute Gasteiger partial charge is 0.477 e. The maximum atomic E-state index is 13.7. The standard InChI is InChI=1S/C17H14FN3O2/c18-15-7-14(3-1-11(15)8-19)21-6-5-13(10-21)12-2-4-16(17(22)23)20-9-12/h1-4,7,9,13H,5-6,10H2,(H,22,23). The Morgan fingerprint density at radius 1 is 1.39 bits per heavy atom. The molecule has 1 aromatic carbocycles. The molecule has 0 spiro atoms. The first-order valence-corrected chi connectivity index (χ1v) is 7.22. The van der Waals surface area contributed by atoms with Crippen LogP contribution in [0.4, 0.5) is 10.1 Å². The van der Waals surface area contributed by atoms with Gasteiger partial charge in [0.05, 0.1) is 5.56 Å². The molecule has 0 radical (unpaired) electrons. The third-order valence-corrected chi connectivity index (χ3v) is 4.10. The van der Waals surface area contributed by atoms with Gasteiger partial charge in [0.1, 0.15) is 17.6 Å². The number of nitrogens with zero attached hydrogens (tertiary/aromatic N) is 3. The van der Waals surface area contributed by atoms with Crippen LogP contribution in [0.15, 0.2) is 36.5 Å². The van der Waals surface area contributed by atoms with Gasteiger partial charge in [-0.2, -0.15) is 5.26 Å². The number of carbonyl (C=O) groups is 1. The second-order valence-corrected chi connectivity index (χ2v) is 5.49. The molecule has 1 N–H and O–H groups in total. The number of pyridine rings is 1. The van der Waals surface area contributed by atoms with Gasteiger partial charge < -0.3 is 10.0 Å². The first kappa shape index (κ1) is 15.0. The molecule has 0 aliphatic carbocycles. The van der Waals surface area contributed by atoms with Gasteiger partial charge in [0, 0.05) is 30.9 Å². The lowest BCUT2D eigenvalue weighted by Crippen LogP contribution is -2.19. The van der Waals surface area contributed by atoms with Crippen molar-refractivity contribution >= 4 is 11.7 Å². The Balaban J connectivity index is 1.74. The third-order valence-electron chi connectivity index (χ3n) is 4.10. The molecule has 1 aliphatic heterocycles. The quantitative estimate of drug-likeness (QED) is 0.943. The minimum atomic E-state index is -1.04. The smallest absolute Gasteiger partial charge is 0.354 e. The van der Waals surface area contributed by atoms with Crippen LogP contribution in [0.25, 0.3) is 0 Å². The Morgan fingerprint density at radius 2 is 2.22 bits per heavy atom. The zero-order valence-corrected chi connectivity index (χ0v) is 12.2. The maximum absolute atomic E-state index is 13.7. The van der Waals surface area contributed by atoms with E-state index in [4.69, 9.17) is 10.4 Å². The van der Waals surface area contributed by atoms with E-state index in [-0.39, 0.29) is 17.2 Å². The third kappa shape index (κ3) is 2.99. The fourth-order valence-electron chi connectivity index (χ4n) is 2.83. The van der Waals surface area contributed by atoms with Crippen molar-refractivity contribution in [2.75, 3.05) is 18.0 Å². The van der Waals surface area contributed by atoms with Crippen LogP contribution < -0.4 is 4.90 Å². The van der Waals surface area contributed by atoms with E-state index in [9.17, 15) is 9.18 Å². The summed E-state index contributed by atoms with van der Waals surface area (Å²) in [4.78, 5) is 16.8. The highest BCUT2D eigenvalue weighted by Crippen LogP contribution is 2.31. The van der Waals surface area contributed by atoms with Crippen LogP contribution in [-0.2, 0) is 0 Å². The van der Waals surface area contributed by atoms with Crippen LogP contribution in [0.5, 0.6) is 0 Å². The number of carboxylic acids is 1. The van der Waals surface area contributed by atoms with Crippen LogP contribution >= 0.6 is 0 Å². The second kappa shape index (κ2) is 6.05. The minimum absolute atomic E-state index is 0.0257. The molecule has 1 unspecified atom stereocenters. The van der Waals surface area contributed by atoms with Gasteiger partial charge in [0.15, 0.2) is 0 Å². The molecule has 2 aromatic rings. The van der Waals surface area contributed by atoms with E-state index in [1.54, 1.807) is 18.3 Å². The molecule has 1 aliphatic rings. The zero-order valence-electron chi connectivity index (χ0n) is 12.2. The molecule has 0 saturated carbocycles. The highest BCUT2D eigenvalue weighted by molar-refractivity contribution is 5.85. The van der Waals surface area contributed by atoms with Crippen molar-refractivity contribution < 1.29 is 14.3 Å². The summed E-state index contributed by atoms with van der Waals surface area (Å²) in [6.45, 7) is 1.48. The van der Waals surface area contributed by atoms with Crippen LogP contribution in [0, 0.1) is 17.1 Å². The predicted molar refractivity (Wildman–Crippen MR) is 81.9 cm³/mol. The fourth-order valence-corrected chi connectivity index (χ4v) is 2.83. The first-order valence-electron chi connectivity index (χ1n) is 7.22. The maximum Gasteiger partial charge on any atom is 0.354 e. The zero-order chi connectivity index (χ0) is 16.4. The van der Waals surface area contributed by atoms with Gasteiger partial charge in [-0.15, -0.1) is 0 Å². The van der Waals surface area contributed by atoms with Gasteiger partial charge >= 0.3 is 5.97 Å². The molecule has 6 heteroatoms. The number of nitriles is 1. The summed E-state index contributed by atoms with van der Waals surface area (Å²) in [5, 5.41) is 17.6. The van der Waals surface area contributed by atoms with Crippen LogP contribution in [0.2, 0.25) is 0 Å². The number of aromatic carboxylic acids is 1. The molecule has 23 heavy (non-hydrogen) atoms. The molecule has 3 rings (SSSR count). The number of carboxylic acid groups (broad SMARTS) is 1. The van der Waals surface area contributed by atoms with E-state index in [0.717, 1.165) is 24.2 Å². The van der Waals surface area contributed by atoms with Crippen molar-refractivity contribution in [3.8, 4) is 6.07 Å². The number of hydrogen-bond donors (Lipinski definition) is 1. The van der Waals surface area contributed by atoms with Gasteiger partial charge in [0.25, 0.3) is 0 Å². The van der Waals surface area contributed by atoms with Gasteiger partial charge in [-0.05, 0) is 36.2 Å². The highest BCUT2D eigenvalue weighted by atomic mass is 19.1. The number of anilines is 1. The Morgan fingerprint density at radius 3 is 2.83 bits per heavy atom. The molecule has 0 amide bonds. The number of hydrogen-bond acceptors (Lipinski definition) is 4.